The molecule has 1 aliphatic rings. The van der Waals surface area contributed by atoms with Gasteiger partial charge in [0, 0.05) is 12.6 Å². The second-order valence-corrected chi connectivity index (χ2v) is 11.8. The first-order chi connectivity index (χ1) is 19.3. The fourth-order valence-corrected chi connectivity index (χ4v) is 6.58. The maximum absolute atomic E-state index is 14.1. The van der Waals surface area contributed by atoms with Gasteiger partial charge in [-0.1, -0.05) is 80.4 Å². The van der Waals surface area contributed by atoms with E-state index in [-0.39, 0.29) is 29.1 Å². The number of nitrogens with one attached hydrogen (secondary N) is 1. The first-order valence-electron chi connectivity index (χ1n) is 13.7. The van der Waals surface area contributed by atoms with E-state index in [1.54, 1.807) is 42.5 Å². The first kappa shape index (κ1) is 29.1. The number of ether oxygens (including phenoxy) is 1. The summed E-state index contributed by atoms with van der Waals surface area (Å²) < 4.78 is 34.4. The van der Waals surface area contributed by atoms with Crippen molar-refractivity contribution in [2.45, 2.75) is 62.6 Å². The molecule has 0 aromatic heterocycles. The lowest BCUT2D eigenvalue weighted by molar-refractivity contribution is -0.140. The molecule has 2 amide bonds. The van der Waals surface area contributed by atoms with E-state index in [1.165, 1.54) is 24.1 Å². The van der Waals surface area contributed by atoms with E-state index in [9.17, 15) is 18.0 Å². The van der Waals surface area contributed by atoms with Gasteiger partial charge in [0.25, 0.3) is 10.0 Å². The first-order valence-corrected chi connectivity index (χ1v) is 15.1. The highest BCUT2D eigenvalue weighted by Gasteiger charge is 2.35. The van der Waals surface area contributed by atoms with E-state index in [2.05, 4.69) is 5.32 Å². The van der Waals surface area contributed by atoms with Crippen molar-refractivity contribution >= 4 is 27.5 Å². The van der Waals surface area contributed by atoms with Crippen LogP contribution in [-0.4, -0.2) is 50.9 Å². The summed E-state index contributed by atoms with van der Waals surface area (Å²) in [5, 5.41) is 3.13. The molecule has 0 unspecified atom stereocenters. The lowest BCUT2D eigenvalue weighted by atomic mass is 10.1. The number of carbonyl (C=O) groups is 2. The number of methoxy groups -OCH3 is 1. The molecule has 1 saturated carbocycles. The highest BCUT2D eigenvalue weighted by Crippen LogP contribution is 2.32. The maximum atomic E-state index is 14.1. The summed E-state index contributed by atoms with van der Waals surface area (Å²) in [5.74, 6) is -0.383. The molecule has 1 fully saturated rings. The van der Waals surface area contributed by atoms with Crippen LogP contribution >= 0.6 is 0 Å². The Balaban J connectivity index is 1.72. The number of sulfonamides is 1. The van der Waals surface area contributed by atoms with Gasteiger partial charge in [-0.15, -0.1) is 0 Å². The number of anilines is 1. The summed E-state index contributed by atoms with van der Waals surface area (Å²) in [7, 11) is -2.70. The van der Waals surface area contributed by atoms with Crippen molar-refractivity contribution in [2.24, 2.45) is 0 Å². The van der Waals surface area contributed by atoms with Gasteiger partial charge < -0.3 is 15.0 Å². The predicted molar refractivity (Wildman–Crippen MR) is 155 cm³/mol. The molecule has 0 saturated heterocycles. The van der Waals surface area contributed by atoms with E-state index in [0.717, 1.165) is 35.6 Å². The molecule has 0 aliphatic heterocycles. The third-order valence-electron chi connectivity index (χ3n) is 7.25. The van der Waals surface area contributed by atoms with Gasteiger partial charge >= 0.3 is 0 Å². The Bertz CT molecular complexity index is 1380. The van der Waals surface area contributed by atoms with Gasteiger partial charge in [-0.3, -0.25) is 13.9 Å². The zero-order valence-corrected chi connectivity index (χ0v) is 23.8. The largest absolute Gasteiger partial charge is 0.495 e. The standard InChI is InChI=1S/C31H37N3O5S/c1-3-27(31(36)32-25-16-10-11-17-25)33(22-24-14-6-4-7-15-24)30(35)23-34(28-20-12-13-21-29(28)39-2)40(37,38)26-18-8-5-9-19-26/h4-9,12-15,18-21,25,27H,3,10-11,16-17,22-23H2,1-2H3,(H,32,36)/t27-/m1/s1. The van der Waals surface area contributed by atoms with Crippen molar-refractivity contribution in [2.75, 3.05) is 18.0 Å². The number of nitrogens with zero attached hydrogens (tertiary/aromatic N) is 2. The smallest absolute Gasteiger partial charge is 0.264 e. The van der Waals surface area contributed by atoms with Gasteiger partial charge in [0.1, 0.15) is 18.3 Å². The monoisotopic (exact) mass is 563 g/mol. The Morgan fingerprint density at radius 1 is 0.925 bits per heavy atom. The number of rotatable bonds is 12. The topological polar surface area (TPSA) is 96.0 Å². The molecule has 9 heteroatoms. The molecule has 0 bridgehead atoms. The van der Waals surface area contributed by atoms with E-state index < -0.39 is 28.5 Å². The lowest BCUT2D eigenvalue weighted by Crippen LogP contribution is -2.53. The summed E-state index contributed by atoms with van der Waals surface area (Å²) in [6, 6.07) is 23.4. The van der Waals surface area contributed by atoms with Gasteiger partial charge in [-0.25, -0.2) is 8.42 Å². The van der Waals surface area contributed by atoms with Crippen LogP contribution in [0.25, 0.3) is 0 Å². The molecular formula is C31H37N3O5S. The van der Waals surface area contributed by atoms with Gasteiger partial charge in [-0.2, -0.15) is 0 Å². The normalized spacial score (nSPS) is 14.3. The Morgan fingerprint density at radius 2 is 1.52 bits per heavy atom. The van der Waals surface area contributed by atoms with Gasteiger partial charge in [0.2, 0.25) is 11.8 Å². The minimum absolute atomic E-state index is 0.0503. The SMILES string of the molecule is CC[C@H](C(=O)NC1CCCC1)N(Cc1ccccc1)C(=O)CN(c1ccccc1OC)S(=O)(=O)c1ccccc1. The second-order valence-electron chi connectivity index (χ2n) is 9.92. The third-order valence-corrected chi connectivity index (χ3v) is 9.02. The molecule has 8 nitrogen and oxygen atoms in total. The zero-order valence-electron chi connectivity index (χ0n) is 23.0. The second kappa shape index (κ2) is 13.5. The number of hydrogen-bond donors (Lipinski definition) is 1. The van der Waals surface area contributed by atoms with Gasteiger partial charge in [0.05, 0.1) is 17.7 Å². The molecule has 0 heterocycles. The van der Waals surface area contributed by atoms with Gasteiger partial charge in [-0.05, 0) is 49.1 Å². The van der Waals surface area contributed by atoms with Crippen LogP contribution in [0.2, 0.25) is 0 Å². The lowest BCUT2D eigenvalue weighted by Gasteiger charge is -2.34. The summed E-state index contributed by atoms with van der Waals surface area (Å²) in [6.07, 6.45) is 4.37. The Labute approximate surface area is 237 Å². The average Bonchev–Trinajstić information content (AvgIpc) is 3.49. The van der Waals surface area contributed by atoms with Crippen molar-refractivity contribution in [3.05, 3.63) is 90.5 Å². The van der Waals surface area contributed by atoms with Crippen LogP contribution in [0, 0.1) is 0 Å². The van der Waals surface area contributed by atoms with Crippen molar-refractivity contribution < 1.29 is 22.7 Å². The number of benzene rings is 3. The van der Waals surface area contributed by atoms with E-state index in [1.807, 2.05) is 37.3 Å². The fourth-order valence-electron chi connectivity index (χ4n) is 5.14. The Kier molecular flexibility index (Phi) is 9.82. The van der Waals surface area contributed by atoms with Crippen LogP contribution in [-0.2, 0) is 26.2 Å². The van der Waals surface area contributed by atoms with Crippen LogP contribution in [0.5, 0.6) is 5.75 Å². The molecule has 4 rings (SSSR count). The van der Waals surface area contributed by atoms with E-state index >= 15 is 0 Å². The van der Waals surface area contributed by atoms with Crippen molar-refractivity contribution in [3.8, 4) is 5.75 Å². The third kappa shape index (κ3) is 6.83. The zero-order chi connectivity index (χ0) is 28.5. The molecule has 0 spiro atoms. The van der Waals surface area contributed by atoms with Crippen LogP contribution in [0.4, 0.5) is 5.69 Å². The molecule has 1 N–H and O–H groups in total. The summed E-state index contributed by atoms with van der Waals surface area (Å²) in [4.78, 5) is 29.2. The summed E-state index contributed by atoms with van der Waals surface area (Å²) in [5.41, 5.74) is 1.09. The fraction of sp³-hybridized carbons (Fsp3) is 0.355. The number of amides is 2. The van der Waals surface area contributed by atoms with Crippen LogP contribution in [0.3, 0.4) is 0 Å². The van der Waals surface area contributed by atoms with Crippen molar-refractivity contribution in [3.63, 3.8) is 0 Å². The van der Waals surface area contributed by atoms with E-state index in [0.29, 0.717) is 12.2 Å². The molecule has 0 radical (unpaired) electrons. The highest BCUT2D eigenvalue weighted by atomic mass is 32.2. The molecule has 3 aromatic carbocycles. The Hall–Kier alpha value is -3.85. The molecule has 1 atom stereocenters. The van der Waals surface area contributed by atoms with Crippen molar-refractivity contribution in [1.82, 2.24) is 10.2 Å². The number of hydrogen-bond acceptors (Lipinski definition) is 5. The number of para-hydroxylation sites is 2. The number of carbonyl (C=O) groups excluding carboxylic acids is 2. The highest BCUT2D eigenvalue weighted by molar-refractivity contribution is 7.92. The molecule has 1 aliphatic carbocycles. The summed E-state index contributed by atoms with van der Waals surface area (Å²) in [6.45, 7) is 1.53. The van der Waals surface area contributed by atoms with Crippen LogP contribution in [0.15, 0.2) is 89.8 Å². The maximum Gasteiger partial charge on any atom is 0.264 e. The average molecular weight is 564 g/mol. The molecule has 40 heavy (non-hydrogen) atoms. The minimum Gasteiger partial charge on any atom is -0.495 e. The van der Waals surface area contributed by atoms with Gasteiger partial charge in [0.15, 0.2) is 0 Å². The molecule has 212 valence electrons. The predicted octanol–water partition coefficient (Wildman–Crippen LogP) is 4.76. The quantitative estimate of drug-likeness (QED) is 0.343. The van der Waals surface area contributed by atoms with E-state index in [4.69, 9.17) is 4.74 Å². The summed E-state index contributed by atoms with van der Waals surface area (Å²) >= 11 is 0. The van der Waals surface area contributed by atoms with Crippen LogP contribution < -0.4 is 14.4 Å². The molecule has 3 aromatic rings. The minimum atomic E-state index is -4.15. The molecular weight excluding hydrogens is 526 g/mol. The van der Waals surface area contributed by atoms with Crippen LogP contribution in [0.1, 0.15) is 44.6 Å². The van der Waals surface area contributed by atoms with Crippen molar-refractivity contribution in [1.29, 1.82) is 0 Å². The Morgan fingerprint density at radius 3 is 2.15 bits per heavy atom.